The van der Waals surface area contributed by atoms with Gasteiger partial charge in [0.25, 0.3) is 0 Å². The highest BCUT2D eigenvalue weighted by Gasteiger charge is 2.21. The van der Waals surface area contributed by atoms with E-state index in [0.29, 0.717) is 17.4 Å². The van der Waals surface area contributed by atoms with Crippen molar-refractivity contribution in [1.82, 2.24) is 35.1 Å². The lowest BCUT2D eigenvalue weighted by atomic mass is 9.83. The number of hydrogen-bond acceptors (Lipinski definition) is 7. The molecule has 37 heavy (non-hydrogen) atoms. The quantitative estimate of drug-likeness (QED) is 0.280. The van der Waals surface area contributed by atoms with Crippen LogP contribution >= 0.6 is 0 Å². The van der Waals surface area contributed by atoms with Crippen molar-refractivity contribution in [3.05, 3.63) is 55.3 Å². The molecule has 2 aliphatic rings. The molecule has 0 atom stereocenters. The van der Waals surface area contributed by atoms with Crippen molar-refractivity contribution < 1.29 is 0 Å². The van der Waals surface area contributed by atoms with Gasteiger partial charge in [-0.3, -0.25) is 15.1 Å². The Bertz CT molecular complexity index is 1600. The maximum Gasteiger partial charge on any atom is 0.180 e. The smallest absolute Gasteiger partial charge is 0.180 e. The fourth-order valence-corrected chi connectivity index (χ4v) is 5.36. The number of fused-ring (bicyclic) bond motifs is 2. The monoisotopic (exact) mass is 491 g/mol. The van der Waals surface area contributed by atoms with Crippen LogP contribution in [0, 0.1) is 5.92 Å². The van der Waals surface area contributed by atoms with Crippen LogP contribution in [0.4, 0.5) is 11.4 Å². The van der Waals surface area contributed by atoms with E-state index in [0.717, 1.165) is 63.5 Å². The van der Waals surface area contributed by atoms with Gasteiger partial charge in [-0.15, -0.1) is 0 Å². The molecule has 9 nitrogen and oxygen atoms in total. The van der Waals surface area contributed by atoms with Crippen LogP contribution in [0.2, 0.25) is 0 Å². The number of aromatic nitrogens is 7. The van der Waals surface area contributed by atoms with Crippen molar-refractivity contribution in [1.29, 1.82) is 0 Å². The lowest BCUT2D eigenvalue weighted by molar-refractivity contribution is 0.371. The molecule has 1 aliphatic heterocycles. The van der Waals surface area contributed by atoms with Crippen molar-refractivity contribution in [3.8, 4) is 22.8 Å². The molecule has 186 valence electrons. The number of piperidine rings is 1. The number of nitrogens with one attached hydrogen (secondary N) is 3. The molecule has 1 aliphatic carbocycles. The minimum Gasteiger partial charge on any atom is -0.370 e. The lowest BCUT2D eigenvalue weighted by Gasteiger charge is -2.28. The maximum atomic E-state index is 4.81. The van der Waals surface area contributed by atoms with E-state index < -0.39 is 0 Å². The summed E-state index contributed by atoms with van der Waals surface area (Å²) in [7, 11) is 0. The Labute approximate surface area is 214 Å². The summed E-state index contributed by atoms with van der Waals surface area (Å²) < 4.78 is 0. The molecular formula is C28H29N9. The van der Waals surface area contributed by atoms with Crippen LogP contribution in [0.3, 0.4) is 0 Å². The van der Waals surface area contributed by atoms with E-state index in [-0.39, 0.29) is 0 Å². The van der Waals surface area contributed by atoms with Gasteiger partial charge in [-0.25, -0.2) is 9.97 Å². The van der Waals surface area contributed by atoms with Gasteiger partial charge in [0, 0.05) is 42.1 Å². The molecule has 5 aromatic heterocycles. The Morgan fingerprint density at radius 2 is 1.92 bits per heavy atom. The van der Waals surface area contributed by atoms with E-state index in [1.165, 1.54) is 38.5 Å². The molecule has 0 unspecified atom stereocenters. The van der Waals surface area contributed by atoms with Crippen LogP contribution in [0.15, 0.2) is 55.3 Å². The normalized spacial score (nSPS) is 16.3. The van der Waals surface area contributed by atoms with Gasteiger partial charge in [0.05, 0.1) is 35.0 Å². The molecule has 6 heterocycles. The van der Waals surface area contributed by atoms with Crippen LogP contribution in [-0.2, 0) is 0 Å². The van der Waals surface area contributed by atoms with Crippen LogP contribution in [0.25, 0.3) is 44.8 Å². The third-order valence-corrected chi connectivity index (χ3v) is 7.68. The first-order chi connectivity index (χ1) is 18.2. The average Bonchev–Trinajstić information content (AvgIpc) is 3.52. The summed E-state index contributed by atoms with van der Waals surface area (Å²) in [5.74, 6) is 1.25. The van der Waals surface area contributed by atoms with Crippen LogP contribution in [0.1, 0.15) is 38.5 Å². The maximum absolute atomic E-state index is 4.81. The fraction of sp³-hybridized carbons (Fsp3) is 0.321. The van der Waals surface area contributed by atoms with Crippen LogP contribution < -0.4 is 10.2 Å². The summed E-state index contributed by atoms with van der Waals surface area (Å²) in [4.78, 5) is 24.4. The number of aromatic amines is 2. The molecule has 3 N–H and O–H groups in total. The average molecular weight is 492 g/mol. The van der Waals surface area contributed by atoms with E-state index in [1.54, 1.807) is 0 Å². The molecule has 0 bridgehead atoms. The molecule has 1 saturated carbocycles. The zero-order chi connectivity index (χ0) is 24.8. The highest BCUT2D eigenvalue weighted by atomic mass is 15.2. The number of hydrogen-bond donors (Lipinski definition) is 3. The molecule has 7 rings (SSSR count). The number of allylic oxidation sites excluding steroid dienone is 1. The molecule has 5 aromatic rings. The summed E-state index contributed by atoms with van der Waals surface area (Å²) in [6.07, 6.45) is 14.7. The first-order valence-electron chi connectivity index (χ1n) is 13.1. The second-order valence-corrected chi connectivity index (χ2v) is 10.1. The summed E-state index contributed by atoms with van der Waals surface area (Å²) in [6, 6.07) is 6.19. The predicted octanol–water partition coefficient (Wildman–Crippen LogP) is 5.67. The van der Waals surface area contributed by atoms with Crippen molar-refractivity contribution >= 4 is 33.4 Å². The minimum atomic E-state index is 0.556. The highest BCUT2D eigenvalue weighted by Crippen LogP contribution is 2.34. The lowest BCUT2D eigenvalue weighted by Crippen LogP contribution is -2.29. The third kappa shape index (κ3) is 4.00. The molecule has 1 saturated heterocycles. The number of anilines is 2. The standard InChI is InChI=1S/C28H29N9/c1-17(18-6-5-7-18)32-20-12-19(14-29-15-20)22-13-21-23(16-31-22)35-36-25(21)28-33-26-24(8-9-30-27(26)34-28)37-10-3-2-4-11-37/h8-9,12-16,18,32H,1-7,10-11H2,(H,35,36)(H,30,33,34). The van der Waals surface area contributed by atoms with E-state index in [1.807, 2.05) is 30.9 Å². The van der Waals surface area contributed by atoms with E-state index >= 15 is 0 Å². The Kier molecular flexibility index (Phi) is 5.34. The van der Waals surface area contributed by atoms with Crippen molar-refractivity contribution in [2.24, 2.45) is 5.92 Å². The number of rotatable bonds is 6. The molecule has 0 spiro atoms. The van der Waals surface area contributed by atoms with E-state index in [4.69, 9.17) is 4.98 Å². The fourth-order valence-electron chi connectivity index (χ4n) is 5.36. The van der Waals surface area contributed by atoms with Gasteiger partial charge < -0.3 is 15.2 Å². The summed E-state index contributed by atoms with van der Waals surface area (Å²) in [5.41, 5.74) is 8.17. The summed E-state index contributed by atoms with van der Waals surface area (Å²) in [6.45, 7) is 6.34. The number of H-pyrrole nitrogens is 2. The molecule has 0 aromatic carbocycles. The molecule has 0 radical (unpaired) electrons. The van der Waals surface area contributed by atoms with Crippen LogP contribution in [-0.4, -0.2) is 48.2 Å². The highest BCUT2D eigenvalue weighted by molar-refractivity contribution is 5.96. The predicted molar refractivity (Wildman–Crippen MR) is 146 cm³/mol. The van der Waals surface area contributed by atoms with Crippen LogP contribution in [0.5, 0.6) is 0 Å². The molecule has 9 heteroatoms. The number of pyridine rings is 3. The number of imidazole rings is 1. The van der Waals surface area contributed by atoms with Gasteiger partial charge in [0.2, 0.25) is 0 Å². The van der Waals surface area contributed by atoms with E-state index in [9.17, 15) is 0 Å². The first-order valence-corrected chi connectivity index (χ1v) is 13.1. The second-order valence-electron chi connectivity index (χ2n) is 10.1. The van der Waals surface area contributed by atoms with Gasteiger partial charge in [-0.1, -0.05) is 13.0 Å². The largest absolute Gasteiger partial charge is 0.370 e. The van der Waals surface area contributed by atoms with Crippen molar-refractivity contribution in [2.75, 3.05) is 23.3 Å². The van der Waals surface area contributed by atoms with Crippen molar-refractivity contribution in [3.63, 3.8) is 0 Å². The number of nitrogens with zero attached hydrogens (tertiary/aromatic N) is 6. The van der Waals surface area contributed by atoms with Gasteiger partial charge in [0.15, 0.2) is 11.5 Å². The van der Waals surface area contributed by atoms with Gasteiger partial charge in [-0.2, -0.15) is 5.10 Å². The topological polar surface area (TPSA) is 111 Å². The minimum absolute atomic E-state index is 0.556. The van der Waals surface area contributed by atoms with Gasteiger partial charge >= 0.3 is 0 Å². The third-order valence-electron chi connectivity index (χ3n) is 7.68. The first kappa shape index (κ1) is 22.0. The Hall–Kier alpha value is -4.27. The molecule has 0 amide bonds. The zero-order valence-corrected chi connectivity index (χ0v) is 20.7. The van der Waals surface area contributed by atoms with Gasteiger partial charge in [-0.05, 0) is 56.2 Å². The Morgan fingerprint density at radius 3 is 2.76 bits per heavy atom. The molecular weight excluding hydrogens is 462 g/mol. The molecule has 2 fully saturated rings. The summed E-state index contributed by atoms with van der Waals surface area (Å²) in [5, 5.41) is 12.1. The zero-order valence-electron chi connectivity index (χ0n) is 20.7. The van der Waals surface area contributed by atoms with E-state index in [2.05, 4.69) is 59.1 Å². The second kappa shape index (κ2) is 8.99. The summed E-state index contributed by atoms with van der Waals surface area (Å²) >= 11 is 0. The van der Waals surface area contributed by atoms with Gasteiger partial charge in [0.1, 0.15) is 11.2 Å². The van der Waals surface area contributed by atoms with Crippen molar-refractivity contribution in [2.45, 2.75) is 38.5 Å². The SMILES string of the molecule is C=C(Nc1cncc(-c2cc3c(-c4nc5nccc(N6CCCCC6)c5[nH]4)n[nH]c3cn2)c1)C1CCC1. The Balaban J connectivity index is 1.23. The Morgan fingerprint density at radius 1 is 1.03 bits per heavy atom.